The van der Waals surface area contributed by atoms with E-state index in [1.54, 1.807) is 23.6 Å². The van der Waals surface area contributed by atoms with Gasteiger partial charge in [0.25, 0.3) is 5.91 Å². The second-order valence-electron chi connectivity index (χ2n) is 3.31. The Hall–Kier alpha value is -1.72. The molecule has 1 heterocycles. The van der Waals surface area contributed by atoms with Crippen molar-refractivity contribution in [2.24, 2.45) is 5.10 Å². The van der Waals surface area contributed by atoms with Crippen LogP contribution >= 0.6 is 22.9 Å². The molecular formula is C12H8ClFN2OS. The summed E-state index contributed by atoms with van der Waals surface area (Å²) in [5.74, 6) is -0.828. The van der Waals surface area contributed by atoms with E-state index in [9.17, 15) is 9.18 Å². The number of hydrazone groups is 1. The molecule has 92 valence electrons. The maximum absolute atomic E-state index is 13.4. The van der Waals surface area contributed by atoms with Crippen molar-refractivity contribution in [3.63, 3.8) is 0 Å². The average molecular weight is 283 g/mol. The lowest BCUT2D eigenvalue weighted by molar-refractivity contribution is 0.0959. The van der Waals surface area contributed by atoms with E-state index in [0.29, 0.717) is 4.88 Å². The molecule has 1 N–H and O–H groups in total. The molecular weight excluding hydrogens is 275 g/mol. The Balaban J connectivity index is 2.06. The molecule has 1 aromatic heterocycles. The molecule has 0 aliphatic rings. The molecule has 0 saturated carbocycles. The summed E-state index contributed by atoms with van der Waals surface area (Å²) in [5.41, 5.74) is 2.45. The number of nitrogens with zero attached hydrogens (tertiary/aromatic N) is 1. The lowest BCUT2D eigenvalue weighted by Gasteiger charge is -1.99. The second-order valence-corrected chi connectivity index (χ2v) is 4.67. The first-order valence-corrected chi connectivity index (χ1v) is 6.25. The zero-order valence-corrected chi connectivity index (χ0v) is 10.6. The summed E-state index contributed by atoms with van der Waals surface area (Å²) < 4.78 is 13.4. The maximum Gasteiger partial charge on any atom is 0.281 e. The van der Waals surface area contributed by atoms with Gasteiger partial charge in [0.2, 0.25) is 0 Å². The third-order valence-electron chi connectivity index (χ3n) is 2.10. The SMILES string of the molecule is O=C(NN=Cc1c(F)cccc1Cl)c1cccs1. The van der Waals surface area contributed by atoms with Crippen LogP contribution in [0.3, 0.4) is 0 Å². The molecule has 1 amide bonds. The first-order valence-electron chi connectivity index (χ1n) is 4.99. The van der Waals surface area contributed by atoms with Crippen LogP contribution in [0, 0.1) is 5.82 Å². The van der Waals surface area contributed by atoms with Crippen molar-refractivity contribution in [2.75, 3.05) is 0 Å². The molecule has 18 heavy (non-hydrogen) atoms. The van der Waals surface area contributed by atoms with E-state index in [1.165, 1.54) is 29.7 Å². The smallest absolute Gasteiger partial charge is 0.266 e. The number of rotatable bonds is 3. The summed E-state index contributed by atoms with van der Waals surface area (Å²) in [5, 5.41) is 5.70. The van der Waals surface area contributed by atoms with Crippen molar-refractivity contribution in [3.8, 4) is 0 Å². The predicted molar refractivity (Wildman–Crippen MR) is 70.8 cm³/mol. The molecule has 1 aromatic carbocycles. The van der Waals surface area contributed by atoms with Crippen LogP contribution in [0.1, 0.15) is 15.2 Å². The Morgan fingerprint density at radius 2 is 2.22 bits per heavy atom. The van der Waals surface area contributed by atoms with Crippen LogP contribution in [0.15, 0.2) is 40.8 Å². The van der Waals surface area contributed by atoms with Crippen molar-refractivity contribution < 1.29 is 9.18 Å². The van der Waals surface area contributed by atoms with Crippen molar-refractivity contribution in [1.29, 1.82) is 0 Å². The molecule has 2 rings (SSSR count). The summed E-state index contributed by atoms with van der Waals surface area (Å²) in [7, 11) is 0. The fourth-order valence-electron chi connectivity index (χ4n) is 1.25. The van der Waals surface area contributed by atoms with Gasteiger partial charge in [0.15, 0.2) is 0 Å². The van der Waals surface area contributed by atoms with Gasteiger partial charge in [-0.05, 0) is 23.6 Å². The van der Waals surface area contributed by atoms with Gasteiger partial charge < -0.3 is 0 Å². The summed E-state index contributed by atoms with van der Waals surface area (Å²) in [6.45, 7) is 0. The Morgan fingerprint density at radius 1 is 1.39 bits per heavy atom. The molecule has 0 atom stereocenters. The van der Waals surface area contributed by atoms with Crippen LogP contribution in [0.5, 0.6) is 0 Å². The van der Waals surface area contributed by atoms with E-state index in [-0.39, 0.29) is 16.5 Å². The lowest BCUT2D eigenvalue weighted by Crippen LogP contribution is -2.16. The van der Waals surface area contributed by atoms with Crippen LogP contribution in [0.25, 0.3) is 0 Å². The summed E-state index contributed by atoms with van der Waals surface area (Å²) in [6.07, 6.45) is 1.18. The summed E-state index contributed by atoms with van der Waals surface area (Å²) >= 11 is 7.10. The number of hydrogen-bond donors (Lipinski definition) is 1. The summed E-state index contributed by atoms with van der Waals surface area (Å²) in [4.78, 5) is 12.1. The van der Waals surface area contributed by atoms with Crippen molar-refractivity contribution in [3.05, 3.63) is 57.0 Å². The molecule has 0 fully saturated rings. The Bertz CT molecular complexity index is 564. The molecule has 6 heteroatoms. The van der Waals surface area contributed by atoms with Crippen molar-refractivity contribution in [1.82, 2.24) is 5.43 Å². The largest absolute Gasteiger partial charge is 0.281 e. The Kier molecular flexibility index (Phi) is 4.07. The number of amides is 1. The fraction of sp³-hybridized carbons (Fsp3) is 0. The predicted octanol–water partition coefficient (Wildman–Crippen LogP) is 3.30. The fourth-order valence-corrected chi connectivity index (χ4v) is 2.08. The molecule has 2 aromatic rings. The third kappa shape index (κ3) is 2.94. The molecule has 0 bridgehead atoms. The maximum atomic E-state index is 13.4. The van der Waals surface area contributed by atoms with Crippen LogP contribution in [0.4, 0.5) is 4.39 Å². The van der Waals surface area contributed by atoms with Gasteiger partial charge in [-0.3, -0.25) is 4.79 Å². The quantitative estimate of drug-likeness (QED) is 0.681. The highest BCUT2D eigenvalue weighted by Crippen LogP contribution is 2.16. The van der Waals surface area contributed by atoms with Crippen LogP contribution < -0.4 is 5.43 Å². The van der Waals surface area contributed by atoms with Gasteiger partial charge in [-0.1, -0.05) is 23.7 Å². The van der Waals surface area contributed by atoms with E-state index in [2.05, 4.69) is 10.5 Å². The number of hydrogen-bond acceptors (Lipinski definition) is 3. The van der Waals surface area contributed by atoms with Crippen LogP contribution in [-0.2, 0) is 0 Å². The normalized spacial score (nSPS) is 10.8. The van der Waals surface area contributed by atoms with Crippen LogP contribution in [-0.4, -0.2) is 12.1 Å². The lowest BCUT2D eigenvalue weighted by atomic mass is 10.2. The minimum Gasteiger partial charge on any atom is -0.266 e. The van der Waals surface area contributed by atoms with Crippen molar-refractivity contribution >= 4 is 35.1 Å². The molecule has 0 aliphatic carbocycles. The molecule has 0 unspecified atom stereocenters. The number of carbonyl (C=O) groups is 1. The minimum absolute atomic E-state index is 0.144. The highest BCUT2D eigenvalue weighted by Gasteiger charge is 2.06. The van der Waals surface area contributed by atoms with Gasteiger partial charge in [-0.15, -0.1) is 11.3 Å². The van der Waals surface area contributed by atoms with Gasteiger partial charge in [0.1, 0.15) is 5.82 Å². The molecule has 0 saturated heterocycles. The van der Waals surface area contributed by atoms with Gasteiger partial charge in [-0.2, -0.15) is 5.10 Å². The van der Waals surface area contributed by atoms with Crippen LogP contribution in [0.2, 0.25) is 5.02 Å². The zero-order chi connectivity index (χ0) is 13.0. The van der Waals surface area contributed by atoms with Gasteiger partial charge >= 0.3 is 0 Å². The molecule has 0 aliphatic heterocycles. The van der Waals surface area contributed by atoms with Gasteiger partial charge in [0, 0.05) is 5.56 Å². The third-order valence-corrected chi connectivity index (χ3v) is 3.30. The Labute approximate surface area is 112 Å². The number of halogens is 2. The molecule has 3 nitrogen and oxygen atoms in total. The van der Waals surface area contributed by atoms with Crippen molar-refractivity contribution in [2.45, 2.75) is 0 Å². The summed E-state index contributed by atoms with van der Waals surface area (Å²) in [6, 6.07) is 7.75. The average Bonchev–Trinajstić information content (AvgIpc) is 2.86. The number of thiophene rings is 1. The standard InChI is InChI=1S/C12H8ClFN2OS/c13-9-3-1-4-10(14)8(9)7-15-16-12(17)11-5-2-6-18-11/h1-7H,(H,16,17). The minimum atomic E-state index is -0.489. The van der Waals surface area contributed by atoms with Gasteiger partial charge in [-0.25, -0.2) is 9.82 Å². The monoisotopic (exact) mass is 282 g/mol. The zero-order valence-electron chi connectivity index (χ0n) is 9.06. The van der Waals surface area contributed by atoms with E-state index in [1.807, 2.05) is 0 Å². The number of nitrogens with one attached hydrogen (secondary N) is 1. The number of benzene rings is 1. The highest BCUT2D eigenvalue weighted by molar-refractivity contribution is 7.12. The Morgan fingerprint density at radius 3 is 2.89 bits per heavy atom. The molecule has 0 spiro atoms. The van der Waals surface area contributed by atoms with E-state index in [0.717, 1.165) is 0 Å². The van der Waals surface area contributed by atoms with Gasteiger partial charge in [0.05, 0.1) is 16.1 Å². The van der Waals surface area contributed by atoms with E-state index in [4.69, 9.17) is 11.6 Å². The second kappa shape index (κ2) is 5.75. The molecule has 0 radical (unpaired) electrons. The van der Waals surface area contributed by atoms with E-state index < -0.39 is 5.82 Å². The first-order chi connectivity index (χ1) is 8.68. The topological polar surface area (TPSA) is 41.5 Å². The first kappa shape index (κ1) is 12.7. The number of carbonyl (C=O) groups excluding carboxylic acids is 1. The van der Waals surface area contributed by atoms with E-state index >= 15 is 0 Å². The highest BCUT2D eigenvalue weighted by atomic mass is 35.5.